The van der Waals surface area contributed by atoms with Crippen LogP contribution in [-0.4, -0.2) is 51.7 Å². The van der Waals surface area contributed by atoms with Crippen molar-refractivity contribution < 1.29 is 24.2 Å². The molecule has 7 saturated carbocycles. The molecule has 2 amide bonds. The van der Waals surface area contributed by atoms with Gasteiger partial charge in [0.05, 0.1) is 18.2 Å². The first-order valence-electron chi connectivity index (χ1n) is 21.6. The van der Waals surface area contributed by atoms with Crippen LogP contribution in [0.5, 0.6) is 0 Å². The zero-order chi connectivity index (χ0) is 38.9. The molecule has 6 bridgehead atoms. The highest BCUT2D eigenvalue weighted by atomic mass is 35.5. The number of Topliss-reactive ketones (excluding diaryl/α,β-unsaturated/α-hetero) is 1. The van der Waals surface area contributed by atoms with Crippen LogP contribution >= 0.6 is 11.6 Å². The average Bonchev–Trinajstić information content (AvgIpc) is 3.42. The molecule has 10 aliphatic carbocycles. The Morgan fingerprint density at radius 2 is 1.50 bits per heavy atom. The number of aliphatic hydroxyl groups is 2. The summed E-state index contributed by atoms with van der Waals surface area (Å²) in [6.07, 6.45) is 18.7. The molecule has 0 heterocycles. The van der Waals surface area contributed by atoms with Gasteiger partial charge in [0.1, 0.15) is 5.82 Å². The van der Waals surface area contributed by atoms with Gasteiger partial charge in [0.25, 0.3) is 0 Å². The summed E-state index contributed by atoms with van der Waals surface area (Å²) in [6, 6.07) is 14.1. The van der Waals surface area contributed by atoms with E-state index in [-0.39, 0.29) is 58.0 Å². The summed E-state index contributed by atoms with van der Waals surface area (Å²) in [5.41, 5.74) is -1.33. The van der Waals surface area contributed by atoms with Crippen LogP contribution in [0.4, 0.5) is 14.9 Å². The number of hydrogen-bond donors (Lipinski definition) is 3. The zero-order valence-corrected chi connectivity index (χ0v) is 33.8. The number of aliphatic hydroxyl groups excluding tert-OH is 1. The maximum absolute atomic E-state index is 15.3. The van der Waals surface area contributed by atoms with Gasteiger partial charge < -0.3 is 20.4 Å². The Morgan fingerprint density at radius 1 is 0.839 bits per heavy atom. The smallest absolute Gasteiger partial charge is 0.321 e. The van der Waals surface area contributed by atoms with Crippen LogP contribution in [0.3, 0.4) is 0 Å². The Kier molecular flexibility index (Phi) is 8.49. The van der Waals surface area contributed by atoms with Crippen molar-refractivity contribution in [2.45, 2.75) is 115 Å². The number of para-hydroxylation sites is 1. The molecule has 2 spiro atoms. The lowest BCUT2D eigenvalue weighted by Gasteiger charge is -2.71. The molecule has 56 heavy (non-hydrogen) atoms. The van der Waals surface area contributed by atoms with Gasteiger partial charge >= 0.3 is 6.03 Å². The SMILES string of the molecule is C[C@]12CC[C@H]3[C@]4(C=C[C@@]5(C=C4C(=O)Cc4c(F)cccc4Cl)CC(O)CC[C@]35C)[C@@H]1CC[C@@]2(O)CN(CC12CC3CC(CC(C3)C1)C2)C(=O)Nc1ccccc1. The molecule has 8 heteroatoms. The van der Waals surface area contributed by atoms with Crippen molar-refractivity contribution in [3.05, 3.63) is 88.7 Å². The first kappa shape index (κ1) is 37.3. The number of hydrogen-bond acceptors (Lipinski definition) is 4. The lowest BCUT2D eigenvalue weighted by atomic mass is 9.32. The number of benzene rings is 2. The van der Waals surface area contributed by atoms with Crippen molar-refractivity contribution in [1.29, 1.82) is 0 Å². The summed E-state index contributed by atoms with van der Waals surface area (Å²) >= 11 is 6.53. The minimum absolute atomic E-state index is 0.0677. The standard InChI is InChI=1S/C48H58ClFN2O4/c1-43-14-11-34(53)26-46(43)17-18-48(36(27-46)39(54)22-35-37(49)9-6-10-38(35)50)40(43)12-15-44(2)41(48)13-16-47(44,56)29-52(42(55)51-33-7-4-3-5-8-33)28-45-23-30-19-31(24-45)21-32(20-30)25-45/h3-10,17-18,27,30-32,34,40-41,53,56H,11-16,19-26,28-29H2,1-2H3,(H,51,55)/t30?,31?,32?,34?,40-,41-,43-,44+,45?,46+,47-,48-/m1/s1. The maximum atomic E-state index is 15.3. The van der Waals surface area contributed by atoms with Crippen LogP contribution in [0, 0.1) is 62.5 Å². The van der Waals surface area contributed by atoms with Crippen LogP contribution in [0.2, 0.25) is 5.02 Å². The largest absolute Gasteiger partial charge is 0.393 e. The van der Waals surface area contributed by atoms with Gasteiger partial charge in [0.2, 0.25) is 0 Å². The Balaban J connectivity index is 1.02. The van der Waals surface area contributed by atoms with Crippen molar-refractivity contribution in [3.63, 3.8) is 0 Å². The Bertz CT molecular complexity index is 1960. The second-order valence-electron chi connectivity index (χ2n) is 20.7. The number of nitrogens with zero attached hydrogens (tertiary/aromatic N) is 1. The third kappa shape index (κ3) is 5.31. The molecule has 7 fully saturated rings. The van der Waals surface area contributed by atoms with Gasteiger partial charge in [-0.05, 0) is 148 Å². The van der Waals surface area contributed by atoms with E-state index in [1.165, 1.54) is 44.6 Å². The summed E-state index contributed by atoms with van der Waals surface area (Å²) in [5.74, 6) is 1.67. The van der Waals surface area contributed by atoms with Gasteiger partial charge in [0.15, 0.2) is 5.78 Å². The van der Waals surface area contributed by atoms with E-state index >= 15 is 4.39 Å². The van der Waals surface area contributed by atoms with Gasteiger partial charge in [-0.2, -0.15) is 0 Å². The van der Waals surface area contributed by atoms with Crippen molar-refractivity contribution in [2.75, 3.05) is 18.4 Å². The highest BCUT2D eigenvalue weighted by Crippen LogP contribution is 2.78. The summed E-state index contributed by atoms with van der Waals surface area (Å²) in [7, 11) is 0. The second-order valence-corrected chi connectivity index (χ2v) is 21.1. The Labute approximate surface area is 336 Å². The van der Waals surface area contributed by atoms with Crippen molar-refractivity contribution >= 4 is 29.1 Å². The van der Waals surface area contributed by atoms with Crippen molar-refractivity contribution in [2.24, 2.45) is 56.7 Å². The predicted molar refractivity (Wildman–Crippen MR) is 216 cm³/mol. The summed E-state index contributed by atoms with van der Waals surface area (Å²) in [6.45, 7) is 5.51. The normalized spacial score (nSPS) is 43.8. The molecule has 10 aliphatic rings. The third-order valence-corrected chi connectivity index (χ3v) is 18.2. The number of amides is 2. The topological polar surface area (TPSA) is 89.9 Å². The van der Waals surface area contributed by atoms with Crippen LogP contribution < -0.4 is 5.32 Å². The minimum Gasteiger partial charge on any atom is -0.393 e. The molecule has 298 valence electrons. The molecule has 1 unspecified atom stereocenters. The molecule has 2 aromatic carbocycles. The van der Waals surface area contributed by atoms with Gasteiger partial charge in [-0.15, -0.1) is 0 Å². The van der Waals surface area contributed by atoms with Crippen LogP contribution in [-0.2, 0) is 11.2 Å². The van der Waals surface area contributed by atoms with E-state index in [0.29, 0.717) is 25.0 Å². The van der Waals surface area contributed by atoms with Crippen molar-refractivity contribution in [1.82, 2.24) is 4.90 Å². The number of allylic oxidation sites excluding steroid dienone is 4. The van der Waals surface area contributed by atoms with E-state index in [1.54, 1.807) is 12.1 Å². The molecule has 8 atom stereocenters. The summed E-state index contributed by atoms with van der Waals surface area (Å²) in [5, 5.41) is 27.9. The van der Waals surface area contributed by atoms with E-state index in [0.717, 1.165) is 55.5 Å². The minimum atomic E-state index is -1.18. The van der Waals surface area contributed by atoms with Gasteiger partial charge in [0, 0.05) is 51.1 Å². The molecule has 0 aromatic heterocycles. The number of anilines is 1. The van der Waals surface area contributed by atoms with Gasteiger partial charge in [-0.3, -0.25) is 4.79 Å². The quantitative estimate of drug-likeness (QED) is 0.233. The van der Waals surface area contributed by atoms with Crippen molar-refractivity contribution in [3.8, 4) is 0 Å². The first-order valence-corrected chi connectivity index (χ1v) is 22.0. The lowest BCUT2D eigenvalue weighted by Crippen LogP contribution is -2.67. The monoisotopic (exact) mass is 780 g/mol. The molecule has 3 N–H and O–H groups in total. The van der Waals surface area contributed by atoms with E-state index in [4.69, 9.17) is 11.6 Å². The number of carbonyl (C=O) groups is 2. The molecule has 2 aromatic rings. The number of urea groups is 1. The first-order chi connectivity index (χ1) is 26.7. The fourth-order valence-electron chi connectivity index (χ4n) is 15.7. The highest BCUT2D eigenvalue weighted by Gasteiger charge is 2.74. The highest BCUT2D eigenvalue weighted by molar-refractivity contribution is 6.31. The number of fused-ring (bicyclic) bond motifs is 1. The average molecular weight is 781 g/mol. The second kappa shape index (κ2) is 12.7. The number of ketones is 1. The molecule has 0 radical (unpaired) electrons. The zero-order valence-electron chi connectivity index (χ0n) is 33.0. The van der Waals surface area contributed by atoms with Crippen LogP contribution in [0.1, 0.15) is 103 Å². The summed E-state index contributed by atoms with van der Waals surface area (Å²) < 4.78 is 15.3. The Morgan fingerprint density at radius 3 is 2.20 bits per heavy atom. The van der Waals surface area contributed by atoms with Gasteiger partial charge in [-0.1, -0.05) is 67.9 Å². The van der Waals surface area contributed by atoms with E-state index < -0.39 is 33.8 Å². The number of halogens is 2. The lowest BCUT2D eigenvalue weighted by molar-refractivity contribution is -0.179. The van der Waals surface area contributed by atoms with Crippen LogP contribution in [0.15, 0.2) is 72.3 Å². The molecular weight excluding hydrogens is 723 g/mol. The number of carbonyl (C=O) groups excluding carboxylic acids is 2. The number of nitrogens with one attached hydrogen (secondary N) is 1. The van der Waals surface area contributed by atoms with E-state index in [1.807, 2.05) is 35.2 Å². The number of rotatable bonds is 8. The summed E-state index contributed by atoms with van der Waals surface area (Å²) in [4.78, 5) is 31.5. The fraction of sp³-hybridized carbons (Fsp3) is 0.625. The van der Waals surface area contributed by atoms with E-state index in [9.17, 15) is 19.8 Å². The molecule has 0 aliphatic heterocycles. The molecule has 0 saturated heterocycles. The third-order valence-electron chi connectivity index (χ3n) is 17.9. The van der Waals surface area contributed by atoms with Gasteiger partial charge in [-0.25, -0.2) is 9.18 Å². The fourth-order valence-corrected chi connectivity index (χ4v) is 16.0. The van der Waals surface area contributed by atoms with E-state index in [2.05, 4.69) is 37.4 Å². The Hall–Kier alpha value is -3.00. The maximum Gasteiger partial charge on any atom is 0.321 e. The molecular formula is C48H58ClFN2O4. The van der Waals surface area contributed by atoms with Crippen LogP contribution in [0.25, 0.3) is 0 Å². The molecule has 12 rings (SSSR count). The predicted octanol–water partition coefficient (Wildman–Crippen LogP) is 9.93. The molecule has 6 nitrogen and oxygen atoms in total.